The van der Waals surface area contributed by atoms with E-state index >= 15 is 0 Å². The number of rotatable bonds is 3. The molecular formula is C17H21N3O4S. The average molecular weight is 363 g/mol. The summed E-state index contributed by atoms with van der Waals surface area (Å²) in [4.78, 5) is 39.1. The SMILES string of the molecule is O=C(O)C1CCN(C(=O)Nc2cccc(C(=O)N3CCSCC3)c2)C1. The zero-order valence-electron chi connectivity index (χ0n) is 13.8. The fourth-order valence-electron chi connectivity index (χ4n) is 3.03. The monoisotopic (exact) mass is 363 g/mol. The van der Waals surface area contributed by atoms with Crippen molar-refractivity contribution in [1.29, 1.82) is 0 Å². The molecule has 25 heavy (non-hydrogen) atoms. The lowest BCUT2D eigenvalue weighted by atomic mass is 10.1. The number of hydrogen-bond acceptors (Lipinski definition) is 4. The van der Waals surface area contributed by atoms with E-state index in [-0.39, 0.29) is 18.5 Å². The van der Waals surface area contributed by atoms with Crippen molar-refractivity contribution >= 4 is 35.4 Å². The van der Waals surface area contributed by atoms with Crippen LogP contribution in [-0.4, -0.2) is 70.5 Å². The number of thioether (sulfide) groups is 1. The van der Waals surface area contributed by atoms with Crippen molar-refractivity contribution in [2.45, 2.75) is 6.42 Å². The highest BCUT2D eigenvalue weighted by Crippen LogP contribution is 2.19. The molecule has 3 rings (SSSR count). The standard InChI is InChI=1S/C17H21N3O4S/c21-15(19-6-8-25-9-7-19)12-2-1-3-14(10-12)18-17(24)20-5-4-13(11-20)16(22)23/h1-3,10,13H,4-9,11H2,(H,18,24)(H,22,23). The van der Waals surface area contributed by atoms with Gasteiger partial charge in [0.2, 0.25) is 0 Å². The van der Waals surface area contributed by atoms with Crippen LogP contribution >= 0.6 is 11.8 Å². The zero-order valence-corrected chi connectivity index (χ0v) is 14.6. The van der Waals surface area contributed by atoms with Gasteiger partial charge in [0.15, 0.2) is 0 Å². The largest absolute Gasteiger partial charge is 0.481 e. The van der Waals surface area contributed by atoms with E-state index in [2.05, 4.69) is 5.32 Å². The van der Waals surface area contributed by atoms with Crippen LogP contribution in [0.2, 0.25) is 0 Å². The molecule has 1 atom stereocenters. The number of carbonyl (C=O) groups is 3. The van der Waals surface area contributed by atoms with Crippen molar-refractivity contribution < 1.29 is 19.5 Å². The number of hydrogen-bond donors (Lipinski definition) is 2. The highest BCUT2D eigenvalue weighted by atomic mass is 32.2. The van der Waals surface area contributed by atoms with Crippen LogP contribution in [0.25, 0.3) is 0 Å². The maximum absolute atomic E-state index is 12.5. The first-order valence-corrected chi connectivity index (χ1v) is 9.46. The molecule has 1 aromatic rings. The molecule has 134 valence electrons. The third-order valence-electron chi connectivity index (χ3n) is 4.48. The van der Waals surface area contributed by atoms with Crippen molar-refractivity contribution in [2.75, 3.05) is 43.0 Å². The molecule has 0 bridgehead atoms. The summed E-state index contributed by atoms with van der Waals surface area (Å²) in [6, 6.07) is 6.56. The van der Waals surface area contributed by atoms with Crippen molar-refractivity contribution in [3.8, 4) is 0 Å². The van der Waals surface area contributed by atoms with E-state index in [1.54, 1.807) is 24.3 Å². The van der Waals surface area contributed by atoms with E-state index in [1.165, 1.54) is 4.90 Å². The smallest absolute Gasteiger partial charge is 0.321 e. The lowest BCUT2D eigenvalue weighted by molar-refractivity contribution is -0.141. The molecule has 0 spiro atoms. The second kappa shape index (κ2) is 7.77. The minimum Gasteiger partial charge on any atom is -0.481 e. The van der Waals surface area contributed by atoms with Crippen LogP contribution in [0.4, 0.5) is 10.5 Å². The predicted octanol–water partition coefficient (Wildman–Crippen LogP) is 1.81. The van der Waals surface area contributed by atoms with Crippen molar-refractivity contribution in [1.82, 2.24) is 9.80 Å². The molecule has 2 heterocycles. The molecule has 2 saturated heterocycles. The Labute approximate surface area is 150 Å². The van der Waals surface area contributed by atoms with Gasteiger partial charge in [0.25, 0.3) is 5.91 Å². The summed E-state index contributed by atoms with van der Waals surface area (Å²) in [5, 5.41) is 11.8. The highest BCUT2D eigenvalue weighted by Gasteiger charge is 2.31. The fourth-order valence-corrected chi connectivity index (χ4v) is 3.93. The number of carboxylic acid groups (broad SMARTS) is 1. The Morgan fingerprint density at radius 3 is 2.56 bits per heavy atom. The van der Waals surface area contributed by atoms with Crippen LogP contribution in [0, 0.1) is 5.92 Å². The summed E-state index contributed by atoms with van der Waals surface area (Å²) in [6.07, 6.45) is 0.467. The molecule has 0 saturated carbocycles. The summed E-state index contributed by atoms with van der Waals surface area (Å²) in [5.41, 5.74) is 1.09. The third kappa shape index (κ3) is 4.25. The summed E-state index contributed by atoms with van der Waals surface area (Å²) in [7, 11) is 0. The Kier molecular flexibility index (Phi) is 5.47. The van der Waals surface area contributed by atoms with E-state index in [1.807, 2.05) is 16.7 Å². The summed E-state index contributed by atoms with van der Waals surface area (Å²) in [6.45, 7) is 2.12. The Morgan fingerprint density at radius 1 is 1.12 bits per heavy atom. The number of benzene rings is 1. The van der Waals surface area contributed by atoms with Crippen molar-refractivity contribution in [3.63, 3.8) is 0 Å². The van der Waals surface area contributed by atoms with Gasteiger partial charge in [-0.05, 0) is 24.6 Å². The Hall–Kier alpha value is -2.22. The van der Waals surface area contributed by atoms with Gasteiger partial charge in [0.05, 0.1) is 5.92 Å². The van der Waals surface area contributed by atoms with Crippen LogP contribution in [0.3, 0.4) is 0 Å². The maximum Gasteiger partial charge on any atom is 0.321 e. The van der Waals surface area contributed by atoms with Crippen LogP contribution in [0.1, 0.15) is 16.8 Å². The van der Waals surface area contributed by atoms with Crippen molar-refractivity contribution in [3.05, 3.63) is 29.8 Å². The minimum atomic E-state index is -0.873. The number of nitrogens with one attached hydrogen (secondary N) is 1. The van der Waals surface area contributed by atoms with Gasteiger partial charge in [-0.25, -0.2) is 4.79 Å². The molecule has 0 radical (unpaired) electrons. The number of urea groups is 1. The number of amides is 3. The molecule has 1 unspecified atom stereocenters. The maximum atomic E-state index is 12.5. The van der Waals surface area contributed by atoms with E-state index in [0.717, 1.165) is 24.6 Å². The quantitative estimate of drug-likeness (QED) is 0.855. The topological polar surface area (TPSA) is 90.0 Å². The summed E-state index contributed by atoms with van der Waals surface area (Å²) in [5.74, 6) is 0.491. The predicted molar refractivity (Wildman–Crippen MR) is 96.0 cm³/mol. The van der Waals surface area contributed by atoms with E-state index in [4.69, 9.17) is 5.11 Å². The number of carbonyl (C=O) groups excluding carboxylic acids is 2. The van der Waals surface area contributed by atoms with Gasteiger partial charge in [0.1, 0.15) is 0 Å². The number of anilines is 1. The first-order valence-electron chi connectivity index (χ1n) is 8.30. The molecule has 2 N–H and O–H groups in total. The van der Waals surface area contributed by atoms with Crippen molar-refractivity contribution in [2.24, 2.45) is 5.92 Å². The van der Waals surface area contributed by atoms with Gasteiger partial charge in [-0.1, -0.05) is 6.07 Å². The number of nitrogens with zero attached hydrogens (tertiary/aromatic N) is 2. The number of carboxylic acids is 1. The normalized spacial score (nSPS) is 20.4. The van der Waals surface area contributed by atoms with Gasteiger partial charge in [-0.2, -0.15) is 11.8 Å². The molecule has 0 aliphatic carbocycles. The van der Waals surface area contributed by atoms with Crippen LogP contribution < -0.4 is 5.32 Å². The molecule has 0 aromatic heterocycles. The number of likely N-dealkylation sites (tertiary alicyclic amines) is 1. The Morgan fingerprint density at radius 2 is 1.88 bits per heavy atom. The molecule has 1 aromatic carbocycles. The summed E-state index contributed by atoms with van der Waals surface area (Å²) < 4.78 is 0. The average Bonchev–Trinajstić information content (AvgIpc) is 3.13. The molecule has 2 aliphatic heterocycles. The Bertz CT molecular complexity index is 676. The van der Waals surface area contributed by atoms with Gasteiger partial charge < -0.3 is 20.2 Å². The van der Waals surface area contributed by atoms with Gasteiger partial charge >= 0.3 is 12.0 Å². The minimum absolute atomic E-state index is 0.0245. The lowest BCUT2D eigenvalue weighted by Gasteiger charge is -2.26. The first kappa shape index (κ1) is 17.6. The lowest BCUT2D eigenvalue weighted by Crippen LogP contribution is -2.38. The first-order chi connectivity index (χ1) is 12.0. The number of aliphatic carboxylic acids is 1. The molecule has 3 amide bonds. The van der Waals surface area contributed by atoms with Crippen LogP contribution in [0.15, 0.2) is 24.3 Å². The molecule has 2 aliphatic rings. The van der Waals surface area contributed by atoms with Gasteiger partial charge in [-0.3, -0.25) is 9.59 Å². The zero-order chi connectivity index (χ0) is 17.8. The molecule has 2 fully saturated rings. The van der Waals surface area contributed by atoms with Crippen LogP contribution in [0.5, 0.6) is 0 Å². The molecular weight excluding hydrogens is 342 g/mol. The molecule has 8 heteroatoms. The molecule has 7 nitrogen and oxygen atoms in total. The van der Waals surface area contributed by atoms with Crippen LogP contribution in [-0.2, 0) is 4.79 Å². The second-order valence-corrected chi connectivity index (χ2v) is 7.41. The summed E-state index contributed by atoms with van der Waals surface area (Å²) >= 11 is 1.84. The van der Waals surface area contributed by atoms with E-state index in [0.29, 0.717) is 24.2 Å². The fraction of sp³-hybridized carbons (Fsp3) is 0.471. The third-order valence-corrected chi connectivity index (χ3v) is 5.43. The highest BCUT2D eigenvalue weighted by molar-refractivity contribution is 7.99. The van der Waals surface area contributed by atoms with Gasteiger partial charge in [-0.15, -0.1) is 0 Å². The van der Waals surface area contributed by atoms with E-state index < -0.39 is 11.9 Å². The van der Waals surface area contributed by atoms with E-state index in [9.17, 15) is 14.4 Å². The Balaban J connectivity index is 1.62. The second-order valence-electron chi connectivity index (χ2n) is 6.19. The van der Waals surface area contributed by atoms with Gasteiger partial charge in [0, 0.05) is 48.9 Å².